The Balaban J connectivity index is 1.49. The van der Waals surface area contributed by atoms with Crippen molar-refractivity contribution < 1.29 is 18.7 Å². The molecule has 210 valence electrons. The van der Waals surface area contributed by atoms with Gasteiger partial charge in [0.05, 0.1) is 18.2 Å². The zero-order valence-electron chi connectivity index (χ0n) is 23.2. The summed E-state index contributed by atoms with van der Waals surface area (Å²) >= 11 is 0. The molecule has 1 saturated heterocycles. The maximum atomic E-state index is 16.1. The molecule has 2 amide bonds. The van der Waals surface area contributed by atoms with E-state index >= 15 is 4.39 Å². The van der Waals surface area contributed by atoms with Crippen LogP contribution in [-0.4, -0.2) is 63.8 Å². The number of hydrogen-bond acceptors (Lipinski definition) is 5. The second-order valence-electron chi connectivity index (χ2n) is 11.3. The molecule has 0 radical (unpaired) electrons. The minimum Gasteiger partial charge on any atom is -0.381 e. The molecule has 1 saturated carbocycles. The Morgan fingerprint density at radius 1 is 1.21 bits per heavy atom. The molecule has 1 aromatic carbocycles. The van der Waals surface area contributed by atoms with Crippen LogP contribution in [0.2, 0.25) is 0 Å². The maximum Gasteiger partial charge on any atom is 0.270 e. The van der Waals surface area contributed by atoms with Gasteiger partial charge in [-0.25, -0.2) is 9.37 Å². The molecule has 2 aliphatic rings. The van der Waals surface area contributed by atoms with Gasteiger partial charge in [-0.15, -0.1) is 0 Å². The average Bonchev–Trinajstić information content (AvgIpc) is 3.60. The number of ether oxygens (including phenoxy) is 1. The van der Waals surface area contributed by atoms with E-state index in [0.717, 1.165) is 25.7 Å². The van der Waals surface area contributed by atoms with Crippen molar-refractivity contribution >= 4 is 22.8 Å². The lowest BCUT2D eigenvalue weighted by molar-refractivity contribution is -0.137. The van der Waals surface area contributed by atoms with E-state index in [0.29, 0.717) is 48.1 Å². The molecule has 39 heavy (non-hydrogen) atoms. The second-order valence-corrected chi connectivity index (χ2v) is 11.3. The van der Waals surface area contributed by atoms with Crippen LogP contribution in [0.1, 0.15) is 79.8 Å². The first-order valence-electron chi connectivity index (χ1n) is 14.1. The Morgan fingerprint density at radius 3 is 2.69 bits per heavy atom. The fourth-order valence-electron chi connectivity index (χ4n) is 6.20. The van der Waals surface area contributed by atoms with Crippen LogP contribution < -0.4 is 5.32 Å². The molecule has 9 nitrogen and oxygen atoms in total. The van der Waals surface area contributed by atoms with Crippen LogP contribution in [0.3, 0.4) is 0 Å². The van der Waals surface area contributed by atoms with Crippen molar-refractivity contribution in [3.8, 4) is 0 Å². The number of aryl methyl sites for hydroxylation is 1. The molecule has 3 aromatic rings. The predicted molar refractivity (Wildman–Crippen MR) is 146 cm³/mol. The van der Waals surface area contributed by atoms with Crippen molar-refractivity contribution in [2.75, 3.05) is 27.3 Å². The van der Waals surface area contributed by atoms with Gasteiger partial charge in [0.1, 0.15) is 17.0 Å². The Hall–Kier alpha value is -3.27. The molecule has 1 aliphatic heterocycles. The lowest BCUT2D eigenvalue weighted by Gasteiger charge is -2.32. The second kappa shape index (κ2) is 11.5. The van der Waals surface area contributed by atoms with Crippen molar-refractivity contribution in [2.24, 2.45) is 17.8 Å². The Bertz CT molecular complexity index is 1330. The van der Waals surface area contributed by atoms with Crippen LogP contribution in [0.15, 0.2) is 24.4 Å². The van der Waals surface area contributed by atoms with Gasteiger partial charge >= 0.3 is 0 Å². The van der Waals surface area contributed by atoms with Crippen LogP contribution >= 0.6 is 0 Å². The number of fused-ring (bicyclic) bond motifs is 1. The number of carbonyl (C=O) groups excluding carboxylic acids is 2. The van der Waals surface area contributed by atoms with Gasteiger partial charge in [0.15, 0.2) is 5.82 Å². The largest absolute Gasteiger partial charge is 0.381 e. The number of nitrogens with one attached hydrogen (secondary N) is 2. The van der Waals surface area contributed by atoms with Crippen LogP contribution in [0.25, 0.3) is 11.0 Å². The van der Waals surface area contributed by atoms with E-state index < -0.39 is 5.82 Å². The monoisotopic (exact) mass is 538 g/mol. The number of hydrogen-bond donors (Lipinski definition) is 2. The molecule has 5 rings (SSSR count). The summed E-state index contributed by atoms with van der Waals surface area (Å²) in [6, 6.07) is 4.89. The smallest absolute Gasteiger partial charge is 0.270 e. The standard InChI is InChI=1S/C29H39FN6O3/c1-5-36-23(12-14-31-36)28(37)34-25(18-8-6-17(2)7-9-18)27-32-22-11-10-19(24(30)26(22)33-27)21-16-39-15-13-20(21)29(38)35(3)4/h10-12,14,17-18,20-21,25H,5-9,13,15-16H2,1-4H3,(H,32,33)(H,34,37). The minimum atomic E-state index is -0.437. The van der Waals surface area contributed by atoms with Crippen LogP contribution in [0, 0.1) is 23.6 Å². The summed E-state index contributed by atoms with van der Waals surface area (Å²) in [5.41, 5.74) is 1.73. The zero-order valence-corrected chi connectivity index (χ0v) is 23.2. The van der Waals surface area contributed by atoms with E-state index in [2.05, 4.69) is 22.3 Å². The van der Waals surface area contributed by atoms with E-state index in [-0.39, 0.29) is 47.7 Å². The molecule has 2 N–H and O–H groups in total. The molecular weight excluding hydrogens is 499 g/mol. The zero-order chi connectivity index (χ0) is 27.7. The lowest BCUT2D eigenvalue weighted by atomic mass is 9.79. The van der Waals surface area contributed by atoms with E-state index in [9.17, 15) is 9.59 Å². The summed E-state index contributed by atoms with van der Waals surface area (Å²) in [5.74, 6) is -0.0343. The summed E-state index contributed by atoms with van der Waals surface area (Å²) in [6.07, 6.45) is 6.23. The highest BCUT2D eigenvalue weighted by molar-refractivity contribution is 5.92. The van der Waals surface area contributed by atoms with Crippen molar-refractivity contribution in [1.29, 1.82) is 0 Å². The van der Waals surface area contributed by atoms with Crippen LogP contribution in [-0.2, 0) is 16.1 Å². The topological polar surface area (TPSA) is 105 Å². The highest BCUT2D eigenvalue weighted by Gasteiger charge is 2.37. The molecule has 3 heterocycles. The van der Waals surface area contributed by atoms with E-state index in [4.69, 9.17) is 9.72 Å². The SMILES string of the molecule is CCn1nccc1C(=O)NC(c1nc2c(F)c(C3COCCC3C(=O)N(C)C)ccc2[nH]1)C1CCC(C)CC1. The van der Waals surface area contributed by atoms with Crippen LogP contribution in [0.4, 0.5) is 4.39 Å². The van der Waals surface area contributed by atoms with Crippen LogP contribution in [0.5, 0.6) is 0 Å². The summed E-state index contributed by atoms with van der Waals surface area (Å²) < 4.78 is 23.4. The number of aromatic nitrogens is 4. The Labute approximate surface area is 228 Å². The third-order valence-corrected chi connectivity index (χ3v) is 8.52. The number of amides is 2. The van der Waals surface area contributed by atoms with Gasteiger partial charge in [0.2, 0.25) is 5.91 Å². The summed E-state index contributed by atoms with van der Waals surface area (Å²) in [5, 5.41) is 7.44. The quantitative estimate of drug-likeness (QED) is 0.463. The van der Waals surface area contributed by atoms with Gasteiger partial charge in [0.25, 0.3) is 5.91 Å². The first-order valence-corrected chi connectivity index (χ1v) is 14.1. The van der Waals surface area contributed by atoms with E-state index in [1.165, 1.54) is 0 Å². The first kappa shape index (κ1) is 27.3. The summed E-state index contributed by atoms with van der Waals surface area (Å²) in [7, 11) is 3.45. The number of rotatable bonds is 7. The molecule has 0 spiro atoms. The third-order valence-electron chi connectivity index (χ3n) is 8.52. The fraction of sp³-hybridized carbons (Fsp3) is 0.586. The number of carbonyl (C=O) groups is 2. The molecule has 10 heteroatoms. The van der Waals surface area contributed by atoms with Crippen molar-refractivity contribution in [2.45, 2.75) is 64.5 Å². The first-order chi connectivity index (χ1) is 18.8. The maximum absolute atomic E-state index is 16.1. The number of aromatic amines is 1. The highest BCUT2D eigenvalue weighted by atomic mass is 19.1. The third kappa shape index (κ3) is 5.44. The Morgan fingerprint density at radius 2 is 1.97 bits per heavy atom. The molecule has 3 atom stereocenters. The average molecular weight is 539 g/mol. The fourth-order valence-corrected chi connectivity index (χ4v) is 6.20. The molecule has 3 unspecified atom stereocenters. The number of H-pyrrole nitrogens is 1. The Kier molecular flexibility index (Phi) is 8.02. The molecule has 1 aliphatic carbocycles. The normalized spacial score (nSPS) is 24.4. The molecule has 2 fully saturated rings. The summed E-state index contributed by atoms with van der Waals surface area (Å²) in [6.45, 7) is 5.55. The number of nitrogens with zero attached hydrogens (tertiary/aromatic N) is 4. The minimum absolute atomic E-state index is 0.0221. The van der Waals surface area contributed by atoms with Crippen molar-refractivity contribution in [3.05, 3.63) is 47.3 Å². The number of halogens is 1. The summed E-state index contributed by atoms with van der Waals surface area (Å²) in [4.78, 5) is 35.8. The van der Waals surface area contributed by atoms with Gasteiger partial charge in [-0.3, -0.25) is 14.3 Å². The highest BCUT2D eigenvalue weighted by Crippen LogP contribution is 2.39. The van der Waals surface area contributed by atoms with Gasteiger partial charge < -0.3 is 19.9 Å². The predicted octanol–water partition coefficient (Wildman–Crippen LogP) is 4.42. The number of imidazole rings is 1. The van der Waals surface area contributed by atoms with Gasteiger partial charge in [-0.05, 0) is 55.7 Å². The molecule has 0 bridgehead atoms. The van der Waals surface area contributed by atoms with E-state index in [1.54, 1.807) is 42.0 Å². The van der Waals surface area contributed by atoms with Crippen molar-refractivity contribution in [3.63, 3.8) is 0 Å². The molecule has 2 aromatic heterocycles. The molecular formula is C29H39FN6O3. The van der Waals surface area contributed by atoms with E-state index in [1.807, 2.05) is 13.0 Å². The van der Waals surface area contributed by atoms with Gasteiger partial charge in [0, 0.05) is 45.3 Å². The van der Waals surface area contributed by atoms with Gasteiger partial charge in [-0.2, -0.15) is 5.10 Å². The van der Waals surface area contributed by atoms with Crippen molar-refractivity contribution in [1.82, 2.24) is 30.0 Å². The lowest BCUT2D eigenvalue weighted by Crippen LogP contribution is -2.38. The number of benzene rings is 1. The van der Waals surface area contributed by atoms with Gasteiger partial charge in [-0.1, -0.05) is 25.8 Å².